The molecule has 8 heteroatoms. The van der Waals surface area contributed by atoms with Gasteiger partial charge in [0.2, 0.25) is 10.0 Å². The van der Waals surface area contributed by atoms with Gasteiger partial charge in [0.1, 0.15) is 18.3 Å². The number of benzene rings is 2. The second-order valence-corrected chi connectivity index (χ2v) is 9.01. The summed E-state index contributed by atoms with van der Waals surface area (Å²) in [4.78, 5) is 2.35. The molecule has 148 valence electrons. The Morgan fingerprint density at radius 1 is 0.964 bits per heavy atom. The fourth-order valence-electron chi connectivity index (χ4n) is 3.57. The third-order valence-corrected chi connectivity index (χ3v) is 7.06. The van der Waals surface area contributed by atoms with Gasteiger partial charge in [0.25, 0.3) is 0 Å². The number of nitrogens with zero attached hydrogens (tertiary/aromatic N) is 3. The first-order valence-corrected chi connectivity index (χ1v) is 10.9. The van der Waals surface area contributed by atoms with Crippen molar-refractivity contribution >= 4 is 21.5 Å². The Labute approximate surface area is 165 Å². The van der Waals surface area contributed by atoms with E-state index in [2.05, 4.69) is 10.5 Å². The number of anilines is 1. The standard InChI is InChI=1S/C20H24N4O3S/c25-18-8-4-16(5-9-18)14-20-22-21-15-24(20)17-6-10-19(11-7-17)28(26,27)23-12-2-1-3-13-23/h4-11,21,25H,1-3,12-15H2. The van der Waals surface area contributed by atoms with Crippen LogP contribution in [0.3, 0.4) is 0 Å². The molecule has 2 aliphatic heterocycles. The number of hydrazone groups is 1. The molecule has 4 rings (SSSR count). The maximum absolute atomic E-state index is 12.8. The molecule has 2 aromatic carbocycles. The summed E-state index contributed by atoms with van der Waals surface area (Å²) in [5.41, 5.74) is 4.91. The second-order valence-electron chi connectivity index (χ2n) is 7.07. The highest BCUT2D eigenvalue weighted by atomic mass is 32.2. The number of amidine groups is 1. The number of hydrogen-bond donors (Lipinski definition) is 2. The topological polar surface area (TPSA) is 85.2 Å². The van der Waals surface area contributed by atoms with Gasteiger partial charge >= 0.3 is 0 Å². The Kier molecular flexibility index (Phi) is 5.23. The highest BCUT2D eigenvalue weighted by Gasteiger charge is 2.26. The van der Waals surface area contributed by atoms with Gasteiger partial charge in [0.05, 0.1) is 4.90 Å². The molecule has 0 aliphatic carbocycles. The number of phenolic OH excluding ortho intramolecular Hbond substituents is 1. The van der Waals surface area contributed by atoms with Crippen LogP contribution in [0.5, 0.6) is 5.75 Å². The summed E-state index contributed by atoms with van der Waals surface area (Å²) in [7, 11) is -3.42. The van der Waals surface area contributed by atoms with Crippen LogP contribution < -0.4 is 10.3 Å². The van der Waals surface area contributed by atoms with Gasteiger partial charge in [-0.15, -0.1) is 0 Å². The molecule has 7 nitrogen and oxygen atoms in total. The van der Waals surface area contributed by atoms with Crippen LogP contribution in [0.4, 0.5) is 5.69 Å². The highest BCUT2D eigenvalue weighted by molar-refractivity contribution is 7.89. The maximum atomic E-state index is 12.8. The lowest BCUT2D eigenvalue weighted by atomic mass is 10.1. The van der Waals surface area contributed by atoms with Crippen molar-refractivity contribution in [2.45, 2.75) is 30.6 Å². The molecule has 2 aliphatic rings. The fourth-order valence-corrected chi connectivity index (χ4v) is 5.09. The van der Waals surface area contributed by atoms with Gasteiger partial charge in [-0.25, -0.2) is 8.42 Å². The minimum atomic E-state index is -3.42. The smallest absolute Gasteiger partial charge is 0.243 e. The van der Waals surface area contributed by atoms with E-state index >= 15 is 0 Å². The van der Waals surface area contributed by atoms with Crippen LogP contribution in [-0.2, 0) is 16.4 Å². The molecule has 1 fully saturated rings. The van der Waals surface area contributed by atoms with Gasteiger partial charge in [-0.1, -0.05) is 18.6 Å². The average Bonchev–Trinajstić information content (AvgIpc) is 3.18. The first-order chi connectivity index (χ1) is 13.5. The van der Waals surface area contributed by atoms with E-state index in [1.165, 1.54) is 0 Å². The van der Waals surface area contributed by atoms with E-state index in [4.69, 9.17) is 0 Å². The molecule has 28 heavy (non-hydrogen) atoms. The van der Waals surface area contributed by atoms with Crippen LogP contribution in [0.2, 0.25) is 0 Å². The van der Waals surface area contributed by atoms with Gasteiger partial charge in [-0.3, -0.25) is 5.43 Å². The van der Waals surface area contributed by atoms with Crippen molar-refractivity contribution < 1.29 is 13.5 Å². The molecular weight excluding hydrogens is 376 g/mol. The van der Waals surface area contributed by atoms with E-state index < -0.39 is 10.0 Å². The molecule has 2 N–H and O–H groups in total. The largest absolute Gasteiger partial charge is 0.508 e. The van der Waals surface area contributed by atoms with Crippen molar-refractivity contribution in [2.75, 3.05) is 24.7 Å². The van der Waals surface area contributed by atoms with E-state index in [9.17, 15) is 13.5 Å². The number of nitrogens with one attached hydrogen (secondary N) is 1. The Morgan fingerprint density at radius 3 is 2.32 bits per heavy atom. The normalized spacial score (nSPS) is 18.0. The summed E-state index contributed by atoms with van der Waals surface area (Å²) in [6.07, 6.45) is 3.55. The van der Waals surface area contributed by atoms with Crippen molar-refractivity contribution in [3.8, 4) is 5.75 Å². The summed E-state index contributed by atoms with van der Waals surface area (Å²) >= 11 is 0. The Morgan fingerprint density at radius 2 is 1.64 bits per heavy atom. The van der Waals surface area contributed by atoms with Crippen LogP contribution in [0, 0.1) is 0 Å². The Hall–Kier alpha value is -2.58. The SMILES string of the molecule is O=S(=O)(c1ccc(N2CNN=C2Cc2ccc(O)cc2)cc1)N1CCCCC1. The molecule has 0 radical (unpaired) electrons. The predicted molar refractivity (Wildman–Crippen MR) is 109 cm³/mol. The summed E-state index contributed by atoms with van der Waals surface area (Å²) in [5, 5.41) is 13.8. The molecule has 0 spiro atoms. The number of hydrogen-bond acceptors (Lipinski definition) is 6. The number of piperidine rings is 1. The summed E-state index contributed by atoms with van der Waals surface area (Å²) in [6.45, 7) is 1.73. The van der Waals surface area contributed by atoms with Gasteiger partial charge in [0.15, 0.2) is 0 Å². The monoisotopic (exact) mass is 400 g/mol. The Balaban J connectivity index is 1.50. The highest BCUT2D eigenvalue weighted by Crippen LogP contribution is 2.25. The molecule has 0 saturated carbocycles. The number of aromatic hydroxyl groups is 1. The average molecular weight is 401 g/mol. The Bertz CT molecular complexity index is 950. The third-order valence-electron chi connectivity index (χ3n) is 5.15. The van der Waals surface area contributed by atoms with Crippen LogP contribution in [0.1, 0.15) is 24.8 Å². The first kappa shape index (κ1) is 18.8. The second kappa shape index (κ2) is 7.81. The van der Waals surface area contributed by atoms with Crippen molar-refractivity contribution in [3.63, 3.8) is 0 Å². The van der Waals surface area contributed by atoms with Crippen LogP contribution in [-0.4, -0.2) is 43.4 Å². The van der Waals surface area contributed by atoms with Gasteiger partial charge in [-0.05, 0) is 54.8 Å². The number of phenols is 1. The lowest BCUT2D eigenvalue weighted by Crippen LogP contribution is -2.35. The van der Waals surface area contributed by atoms with Crippen LogP contribution in [0.25, 0.3) is 0 Å². The zero-order chi connectivity index (χ0) is 19.6. The number of rotatable bonds is 5. The van der Waals surface area contributed by atoms with Gasteiger partial charge in [0, 0.05) is 25.2 Å². The minimum Gasteiger partial charge on any atom is -0.508 e. The first-order valence-electron chi connectivity index (χ1n) is 9.49. The molecule has 0 aromatic heterocycles. The summed E-state index contributed by atoms with van der Waals surface area (Å²) in [5.74, 6) is 1.08. The zero-order valence-corrected chi connectivity index (χ0v) is 16.4. The van der Waals surface area contributed by atoms with Gasteiger partial charge < -0.3 is 10.0 Å². The third kappa shape index (κ3) is 3.83. The van der Waals surface area contributed by atoms with Crippen molar-refractivity contribution in [3.05, 3.63) is 54.1 Å². The minimum absolute atomic E-state index is 0.234. The quantitative estimate of drug-likeness (QED) is 0.805. The van der Waals surface area contributed by atoms with Gasteiger partial charge in [-0.2, -0.15) is 9.41 Å². The van der Waals surface area contributed by atoms with Crippen molar-refractivity contribution in [1.82, 2.24) is 9.73 Å². The zero-order valence-electron chi connectivity index (χ0n) is 15.6. The lowest BCUT2D eigenvalue weighted by Gasteiger charge is -2.26. The molecular formula is C20H24N4O3S. The molecule has 0 amide bonds. The summed E-state index contributed by atoms with van der Waals surface area (Å²) < 4.78 is 27.2. The number of sulfonamides is 1. The lowest BCUT2D eigenvalue weighted by molar-refractivity contribution is 0.346. The van der Waals surface area contributed by atoms with E-state index in [1.807, 2.05) is 29.2 Å². The predicted octanol–water partition coefficient (Wildman–Crippen LogP) is 2.49. The van der Waals surface area contributed by atoms with E-state index in [0.717, 1.165) is 36.3 Å². The van der Waals surface area contributed by atoms with Crippen LogP contribution >= 0.6 is 0 Å². The van der Waals surface area contributed by atoms with Crippen molar-refractivity contribution in [1.29, 1.82) is 0 Å². The molecule has 1 saturated heterocycles. The van der Waals surface area contributed by atoms with Crippen molar-refractivity contribution in [2.24, 2.45) is 5.10 Å². The summed E-state index contributed by atoms with van der Waals surface area (Å²) in [6, 6.07) is 14.1. The molecule has 0 bridgehead atoms. The maximum Gasteiger partial charge on any atom is 0.243 e. The molecule has 0 unspecified atom stereocenters. The van der Waals surface area contributed by atoms with Crippen LogP contribution in [0.15, 0.2) is 58.5 Å². The molecule has 2 heterocycles. The fraction of sp³-hybridized carbons (Fsp3) is 0.350. The molecule has 0 atom stereocenters. The van der Waals surface area contributed by atoms with E-state index in [-0.39, 0.29) is 5.75 Å². The van der Waals surface area contributed by atoms with E-state index in [1.54, 1.807) is 28.6 Å². The molecule has 2 aromatic rings. The van der Waals surface area contributed by atoms with E-state index in [0.29, 0.717) is 31.1 Å².